The van der Waals surface area contributed by atoms with Crippen molar-refractivity contribution in [1.29, 1.82) is 0 Å². The Hall–Kier alpha value is -1.07. The first-order chi connectivity index (χ1) is 7.99. The van der Waals surface area contributed by atoms with Crippen LogP contribution in [-0.2, 0) is 6.42 Å². The molecule has 5 heteroatoms. The summed E-state index contributed by atoms with van der Waals surface area (Å²) in [5.74, 6) is -0.303. The first kappa shape index (κ1) is 14.0. The summed E-state index contributed by atoms with van der Waals surface area (Å²) in [5, 5.41) is 11.7. The minimum atomic E-state index is -2.74. The quantitative estimate of drug-likeness (QED) is 0.805. The molecule has 0 radical (unpaired) electrons. The van der Waals surface area contributed by atoms with Gasteiger partial charge >= 0.3 is 0 Å². The molecule has 0 aliphatic rings. The lowest BCUT2D eigenvalue weighted by Crippen LogP contribution is -2.38. The second-order valence-corrected chi connectivity index (χ2v) is 4.04. The van der Waals surface area contributed by atoms with Gasteiger partial charge in [-0.25, -0.2) is 13.2 Å². The van der Waals surface area contributed by atoms with E-state index in [4.69, 9.17) is 5.11 Å². The van der Waals surface area contributed by atoms with E-state index in [1.165, 1.54) is 12.1 Å². The molecule has 2 atom stereocenters. The number of benzene rings is 1. The Balaban J connectivity index is 2.34. The van der Waals surface area contributed by atoms with Crippen molar-refractivity contribution < 1.29 is 18.3 Å². The number of aliphatic hydroxyl groups excluding tert-OH is 1. The molecule has 0 aromatic heterocycles. The third-order valence-electron chi connectivity index (χ3n) is 2.42. The molecule has 1 aromatic carbocycles. The Morgan fingerprint density at radius 3 is 2.35 bits per heavy atom. The average molecular weight is 247 g/mol. The van der Waals surface area contributed by atoms with Crippen LogP contribution in [0.15, 0.2) is 24.3 Å². The number of hydrogen-bond donors (Lipinski definition) is 2. The molecule has 0 aliphatic heterocycles. The molecule has 0 bridgehead atoms. The van der Waals surface area contributed by atoms with Gasteiger partial charge in [-0.1, -0.05) is 12.1 Å². The lowest BCUT2D eigenvalue weighted by atomic mass is 10.1. The molecule has 1 rings (SSSR count). The Bertz CT molecular complexity index is 329. The predicted molar refractivity (Wildman–Crippen MR) is 59.6 cm³/mol. The molecule has 0 heterocycles. The van der Waals surface area contributed by atoms with Gasteiger partial charge in [0, 0.05) is 12.6 Å². The summed E-state index contributed by atoms with van der Waals surface area (Å²) in [4.78, 5) is 0. The zero-order chi connectivity index (χ0) is 12.8. The van der Waals surface area contributed by atoms with Crippen molar-refractivity contribution >= 4 is 0 Å². The van der Waals surface area contributed by atoms with Crippen LogP contribution in [0, 0.1) is 5.82 Å². The van der Waals surface area contributed by atoms with Crippen LogP contribution in [0.4, 0.5) is 13.2 Å². The fourth-order valence-corrected chi connectivity index (χ4v) is 1.46. The maximum Gasteiger partial charge on any atom is 0.265 e. The van der Waals surface area contributed by atoms with Gasteiger partial charge in [0.2, 0.25) is 0 Å². The van der Waals surface area contributed by atoms with Gasteiger partial charge < -0.3 is 10.4 Å². The van der Waals surface area contributed by atoms with Gasteiger partial charge in [0.1, 0.15) is 11.9 Å². The van der Waals surface area contributed by atoms with Gasteiger partial charge in [0.05, 0.1) is 0 Å². The van der Waals surface area contributed by atoms with Crippen LogP contribution in [0.5, 0.6) is 0 Å². The maximum absolute atomic E-state index is 12.6. The van der Waals surface area contributed by atoms with Crippen molar-refractivity contribution in [2.45, 2.75) is 31.9 Å². The molecule has 0 saturated heterocycles. The molecule has 0 amide bonds. The summed E-state index contributed by atoms with van der Waals surface area (Å²) in [6.45, 7) is 1.67. The molecule has 0 spiro atoms. The predicted octanol–water partition coefficient (Wildman–Crippen LogP) is 1.97. The Morgan fingerprint density at radius 2 is 1.82 bits per heavy atom. The molecule has 0 fully saturated rings. The van der Waals surface area contributed by atoms with Crippen LogP contribution < -0.4 is 5.32 Å². The Labute approximate surface area is 98.5 Å². The SMILES string of the molecule is CC(Cc1ccc(F)cc1)NCC(O)C(F)F. The number of hydrogen-bond acceptors (Lipinski definition) is 2. The summed E-state index contributed by atoms with van der Waals surface area (Å²) in [6, 6.07) is 5.95. The summed E-state index contributed by atoms with van der Waals surface area (Å²) < 4.78 is 36.7. The van der Waals surface area contributed by atoms with Crippen LogP contribution >= 0.6 is 0 Å². The summed E-state index contributed by atoms with van der Waals surface area (Å²) in [7, 11) is 0. The highest BCUT2D eigenvalue weighted by Crippen LogP contribution is 2.06. The van der Waals surface area contributed by atoms with Crippen LogP contribution in [0.3, 0.4) is 0 Å². The van der Waals surface area contributed by atoms with Gasteiger partial charge in [-0.3, -0.25) is 0 Å². The van der Waals surface area contributed by atoms with E-state index in [0.29, 0.717) is 6.42 Å². The molecule has 0 saturated carbocycles. The molecule has 17 heavy (non-hydrogen) atoms. The van der Waals surface area contributed by atoms with E-state index in [1.807, 2.05) is 6.92 Å². The van der Waals surface area contributed by atoms with Crippen molar-refractivity contribution in [1.82, 2.24) is 5.32 Å². The summed E-state index contributed by atoms with van der Waals surface area (Å²) in [5.41, 5.74) is 0.915. The zero-order valence-electron chi connectivity index (χ0n) is 9.54. The van der Waals surface area contributed by atoms with Crippen LogP contribution in [0.25, 0.3) is 0 Å². The summed E-state index contributed by atoms with van der Waals surface area (Å²) >= 11 is 0. The number of alkyl halides is 2. The lowest BCUT2D eigenvalue weighted by Gasteiger charge is -2.16. The summed E-state index contributed by atoms with van der Waals surface area (Å²) in [6.07, 6.45) is -3.79. The molecule has 2 nitrogen and oxygen atoms in total. The third-order valence-corrected chi connectivity index (χ3v) is 2.42. The number of nitrogens with one attached hydrogen (secondary N) is 1. The standard InChI is InChI=1S/C12H16F3NO/c1-8(16-7-11(17)12(14)15)6-9-2-4-10(13)5-3-9/h2-5,8,11-12,16-17H,6-7H2,1H3. The van der Waals surface area contributed by atoms with Gasteiger partial charge in [0.25, 0.3) is 6.43 Å². The molecular formula is C12H16F3NO. The minimum absolute atomic E-state index is 0.0612. The van der Waals surface area contributed by atoms with Gasteiger partial charge in [-0.2, -0.15) is 0 Å². The molecule has 2 unspecified atom stereocenters. The number of aliphatic hydroxyl groups is 1. The van der Waals surface area contributed by atoms with Crippen molar-refractivity contribution in [3.8, 4) is 0 Å². The molecule has 2 N–H and O–H groups in total. The van der Waals surface area contributed by atoms with Crippen LogP contribution in [-0.4, -0.2) is 30.2 Å². The number of halogens is 3. The average Bonchev–Trinajstić information content (AvgIpc) is 2.29. The van der Waals surface area contributed by atoms with Gasteiger partial charge in [0.15, 0.2) is 0 Å². The first-order valence-corrected chi connectivity index (χ1v) is 5.43. The van der Waals surface area contributed by atoms with E-state index in [0.717, 1.165) is 5.56 Å². The molecular weight excluding hydrogens is 231 g/mol. The number of rotatable bonds is 6. The van der Waals surface area contributed by atoms with Crippen molar-refractivity contribution in [3.63, 3.8) is 0 Å². The molecule has 96 valence electrons. The monoisotopic (exact) mass is 247 g/mol. The third kappa shape index (κ3) is 5.19. The highest BCUT2D eigenvalue weighted by molar-refractivity contribution is 5.16. The van der Waals surface area contributed by atoms with E-state index in [-0.39, 0.29) is 18.4 Å². The van der Waals surface area contributed by atoms with Gasteiger partial charge in [-0.15, -0.1) is 0 Å². The Morgan fingerprint density at radius 1 is 1.24 bits per heavy atom. The second kappa shape index (κ2) is 6.61. The minimum Gasteiger partial charge on any atom is -0.386 e. The topological polar surface area (TPSA) is 32.3 Å². The lowest BCUT2D eigenvalue weighted by molar-refractivity contribution is -0.00434. The maximum atomic E-state index is 12.6. The van der Waals surface area contributed by atoms with E-state index in [1.54, 1.807) is 12.1 Å². The smallest absolute Gasteiger partial charge is 0.265 e. The second-order valence-electron chi connectivity index (χ2n) is 4.04. The fraction of sp³-hybridized carbons (Fsp3) is 0.500. The fourth-order valence-electron chi connectivity index (χ4n) is 1.46. The van der Waals surface area contributed by atoms with Crippen molar-refractivity contribution in [2.75, 3.05) is 6.54 Å². The zero-order valence-corrected chi connectivity index (χ0v) is 9.54. The van der Waals surface area contributed by atoms with E-state index >= 15 is 0 Å². The van der Waals surface area contributed by atoms with E-state index in [2.05, 4.69) is 5.32 Å². The van der Waals surface area contributed by atoms with Gasteiger partial charge in [-0.05, 0) is 31.0 Å². The largest absolute Gasteiger partial charge is 0.386 e. The normalized spacial score (nSPS) is 14.9. The van der Waals surface area contributed by atoms with Crippen molar-refractivity contribution in [2.24, 2.45) is 0 Å². The van der Waals surface area contributed by atoms with Crippen LogP contribution in [0.2, 0.25) is 0 Å². The molecule has 0 aliphatic carbocycles. The molecule has 1 aromatic rings. The van der Waals surface area contributed by atoms with Crippen molar-refractivity contribution in [3.05, 3.63) is 35.6 Å². The first-order valence-electron chi connectivity index (χ1n) is 5.43. The Kier molecular flexibility index (Phi) is 5.44. The van der Waals surface area contributed by atoms with E-state index < -0.39 is 12.5 Å². The highest BCUT2D eigenvalue weighted by atomic mass is 19.3. The highest BCUT2D eigenvalue weighted by Gasteiger charge is 2.17. The van der Waals surface area contributed by atoms with E-state index in [9.17, 15) is 13.2 Å². The van der Waals surface area contributed by atoms with Crippen LogP contribution in [0.1, 0.15) is 12.5 Å².